The topological polar surface area (TPSA) is 64.1 Å². The molecule has 128 valence electrons. The van der Waals surface area contributed by atoms with Gasteiger partial charge in [0.15, 0.2) is 16.0 Å². The van der Waals surface area contributed by atoms with Gasteiger partial charge < -0.3 is 10.1 Å². The highest BCUT2D eigenvalue weighted by atomic mass is 35.5. The summed E-state index contributed by atoms with van der Waals surface area (Å²) in [4.78, 5) is 21.1. The minimum absolute atomic E-state index is 0.306. The molecule has 8 heteroatoms. The van der Waals surface area contributed by atoms with Gasteiger partial charge in [-0.25, -0.2) is 9.97 Å². The van der Waals surface area contributed by atoms with Crippen LogP contribution in [0.25, 0.3) is 0 Å². The molecule has 3 rings (SSSR count). The van der Waals surface area contributed by atoms with Gasteiger partial charge in [0.25, 0.3) is 5.91 Å². The summed E-state index contributed by atoms with van der Waals surface area (Å²) in [6.45, 7) is 2.03. The summed E-state index contributed by atoms with van der Waals surface area (Å²) in [7, 11) is 0. The lowest BCUT2D eigenvalue weighted by atomic mass is 10.2. The second-order valence-electron chi connectivity index (χ2n) is 5.10. The van der Waals surface area contributed by atoms with Gasteiger partial charge in [-0.1, -0.05) is 46.7 Å². The average Bonchev–Trinajstić information content (AvgIpc) is 2.93. The number of halogens is 2. The molecule has 5 nitrogen and oxygen atoms in total. The number of carbonyl (C=O) groups excluding carboxylic acids is 1. The van der Waals surface area contributed by atoms with Crippen molar-refractivity contribution < 1.29 is 9.53 Å². The molecule has 0 fully saturated rings. The van der Waals surface area contributed by atoms with Crippen LogP contribution in [0.5, 0.6) is 5.75 Å². The summed E-state index contributed by atoms with van der Waals surface area (Å²) in [6.07, 6.45) is 1.58. The molecule has 0 radical (unpaired) electrons. The molecule has 2 aromatic heterocycles. The zero-order chi connectivity index (χ0) is 17.8. The smallest absolute Gasteiger partial charge is 0.268 e. The Morgan fingerprint density at radius 3 is 2.84 bits per heavy atom. The average molecular weight is 394 g/mol. The van der Waals surface area contributed by atoms with Gasteiger partial charge >= 0.3 is 0 Å². The third kappa shape index (κ3) is 4.48. The molecular formula is C17H13Cl2N3O2S. The van der Waals surface area contributed by atoms with E-state index in [0.29, 0.717) is 38.2 Å². The zero-order valence-electron chi connectivity index (χ0n) is 13.1. The minimum atomic E-state index is -0.326. The van der Waals surface area contributed by atoms with Crippen molar-refractivity contribution in [2.24, 2.45) is 0 Å². The maximum atomic E-state index is 12.4. The van der Waals surface area contributed by atoms with E-state index in [9.17, 15) is 4.79 Å². The Bertz CT molecular complexity index is 914. The number of benzene rings is 1. The van der Waals surface area contributed by atoms with Crippen molar-refractivity contribution >= 4 is 46.3 Å². The largest absolute Gasteiger partial charge is 0.485 e. The van der Waals surface area contributed by atoms with E-state index in [1.54, 1.807) is 31.3 Å². The first-order valence-electron chi connectivity index (χ1n) is 7.29. The van der Waals surface area contributed by atoms with Gasteiger partial charge in [0.1, 0.15) is 11.5 Å². The van der Waals surface area contributed by atoms with Gasteiger partial charge in [-0.3, -0.25) is 4.79 Å². The third-order valence-electron chi connectivity index (χ3n) is 3.26. The number of pyridine rings is 1. The fraction of sp³-hybridized carbons (Fsp3) is 0.118. The maximum absolute atomic E-state index is 12.4. The summed E-state index contributed by atoms with van der Waals surface area (Å²) in [6, 6.07) is 10.8. The van der Waals surface area contributed by atoms with Crippen molar-refractivity contribution in [1.82, 2.24) is 9.97 Å². The Morgan fingerprint density at radius 2 is 2.12 bits per heavy atom. The van der Waals surface area contributed by atoms with Gasteiger partial charge in [-0.2, -0.15) is 0 Å². The molecule has 0 atom stereocenters. The summed E-state index contributed by atoms with van der Waals surface area (Å²) >= 11 is 12.9. The number of anilines is 1. The molecule has 1 N–H and O–H groups in total. The maximum Gasteiger partial charge on any atom is 0.268 e. The Morgan fingerprint density at radius 1 is 1.28 bits per heavy atom. The molecule has 25 heavy (non-hydrogen) atoms. The number of hydrogen-bond acceptors (Lipinski definition) is 5. The van der Waals surface area contributed by atoms with E-state index in [-0.39, 0.29) is 5.91 Å². The van der Waals surface area contributed by atoms with E-state index in [4.69, 9.17) is 27.9 Å². The number of rotatable bonds is 5. The van der Waals surface area contributed by atoms with Gasteiger partial charge in [0, 0.05) is 11.2 Å². The molecule has 1 amide bonds. The van der Waals surface area contributed by atoms with Crippen LogP contribution < -0.4 is 10.1 Å². The number of nitrogens with one attached hydrogen (secondary N) is 1. The van der Waals surface area contributed by atoms with Crippen molar-refractivity contribution in [3.05, 3.63) is 68.2 Å². The summed E-state index contributed by atoms with van der Waals surface area (Å²) in [5.41, 5.74) is 1.49. The Hall–Kier alpha value is -2.15. The van der Waals surface area contributed by atoms with Crippen molar-refractivity contribution in [2.45, 2.75) is 13.5 Å². The number of thiazole rings is 1. The number of nitrogens with zero attached hydrogens (tertiary/aromatic N) is 2. The van der Waals surface area contributed by atoms with Gasteiger partial charge in [0.05, 0.1) is 5.69 Å². The Labute approximate surface area is 158 Å². The fourth-order valence-electron chi connectivity index (χ4n) is 2.13. The van der Waals surface area contributed by atoms with Crippen LogP contribution in [0.4, 0.5) is 5.82 Å². The summed E-state index contributed by atoms with van der Waals surface area (Å²) in [5.74, 6) is 0.468. The molecule has 2 heterocycles. The lowest BCUT2D eigenvalue weighted by molar-refractivity contribution is 0.102. The molecule has 0 saturated carbocycles. The van der Waals surface area contributed by atoms with Crippen molar-refractivity contribution in [2.75, 3.05) is 5.32 Å². The van der Waals surface area contributed by atoms with E-state index in [0.717, 1.165) is 16.9 Å². The first kappa shape index (κ1) is 17.7. The standard InChI is InChI=1S/C17H13Cl2N3O2S/c1-10-14(25-17(19)21-10)16(23)22-15-13(6-3-7-20-15)24-9-11-4-2-5-12(18)8-11/h2-8H,9H2,1H3,(H,20,22,23). The van der Waals surface area contributed by atoms with E-state index in [1.807, 2.05) is 18.2 Å². The number of ether oxygens (including phenoxy) is 1. The molecule has 0 aliphatic carbocycles. The normalized spacial score (nSPS) is 10.5. The molecule has 0 unspecified atom stereocenters. The van der Waals surface area contributed by atoms with Gasteiger partial charge in [0.2, 0.25) is 0 Å². The molecule has 0 aliphatic heterocycles. The molecule has 1 aromatic carbocycles. The highest BCUT2D eigenvalue weighted by Gasteiger charge is 2.17. The molecule has 0 spiro atoms. The lowest BCUT2D eigenvalue weighted by Crippen LogP contribution is -2.13. The molecular weight excluding hydrogens is 381 g/mol. The predicted octanol–water partition coefficient (Wildman–Crippen LogP) is 4.98. The van der Waals surface area contributed by atoms with E-state index in [2.05, 4.69) is 15.3 Å². The first-order chi connectivity index (χ1) is 12.0. The van der Waals surface area contributed by atoms with Crippen LogP contribution in [-0.2, 0) is 6.61 Å². The van der Waals surface area contributed by atoms with Gasteiger partial charge in [-0.05, 0) is 36.8 Å². The Kier molecular flexibility index (Phi) is 5.53. The number of amides is 1. The SMILES string of the molecule is Cc1nc(Cl)sc1C(=O)Nc1ncccc1OCc1cccc(Cl)c1. The second-order valence-corrected chi connectivity index (χ2v) is 7.12. The van der Waals surface area contributed by atoms with Crippen LogP contribution in [0.3, 0.4) is 0 Å². The minimum Gasteiger partial charge on any atom is -0.485 e. The molecule has 0 saturated heterocycles. The number of carbonyl (C=O) groups is 1. The highest BCUT2D eigenvalue weighted by molar-refractivity contribution is 7.17. The summed E-state index contributed by atoms with van der Waals surface area (Å²) in [5, 5.41) is 3.38. The monoisotopic (exact) mass is 393 g/mol. The van der Waals surface area contributed by atoms with Crippen molar-refractivity contribution in [3.63, 3.8) is 0 Å². The predicted molar refractivity (Wildman–Crippen MR) is 99.8 cm³/mol. The quantitative estimate of drug-likeness (QED) is 0.663. The van der Waals surface area contributed by atoms with Crippen molar-refractivity contribution in [1.29, 1.82) is 0 Å². The van der Waals surface area contributed by atoms with Crippen LogP contribution in [0, 0.1) is 6.92 Å². The fourth-order valence-corrected chi connectivity index (χ4v) is 3.39. The van der Waals surface area contributed by atoms with Crippen LogP contribution in [0.15, 0.2) is 42.6 Å². The molecule has 3 aromatic rings. The number of hydrogen-bond donors (Lipinski definition) is 1. The molecule has 0 bridgehead atoms. The zero-order valence-corrected chi connectivity index (χ0v) is 15.5. The lowest BCUT2D eigenvalue weighted by Gasteiger charge is -2.11. The van der Waals surface area contributed by atoms with E-state index >= 15 is 0 Å². The first-order valence-corrected chi connectivity index (χ1v) is 8.86. The summed E-state index contributed by atoms with van der Waals surface area (Å²) < 4.78 is 6.10. The van der Waals surface area contributed by atoms with Crippen LogP contribution in [-0.4, -0.2) is 15.9 Å². The number of aryl methyl sites for hydroxylation is 1. The van der Waals surface area contributed by atoms with Crippen molar-refractivity contribution in [3.8, 4) is 5.75 Å². The Balaban J connectivity index is 1.74. The van der Waals surface area contributed by atoms with Crippen LogP contribution in [0.2, 0.25) is 9.49 Å². The molecule has 0 aliphatic rings. The van der Waals surface area contributed by atoms with Gasteiger partial charge in [-0.15, -0.1) is 0 Å². The third-order valence-corrected chi connectivity index (χ3v) is 4.76. The highest BCUT2D eigenvalue weighted by Crippen LogP contribution is 2.26. The number of aromatic nitrogens is 2. The second kappa shape index (κ2) is 7.82. The van der Waals surface area contributed by atoms with Crippen LogP contribution >= 0.6 is 34.5 Å². The van der Waals surface area contributed by atoms with Crippen LogP contribution in [0.1, 0.15) is 20.9 Å². The van der Waals surface area contributed by atoms with E-state index in [1.165, 1.54) is 0 Å². The van der Waals surface area contributed by atoms with E-state index < -0.39 is 0 Å².